The summed E-state index contributed by atoms with van der Waals surface area (Å²) in [6, 6.07) is 5.57. The van der Waals surface area contributed by atoms with Crippen LogP contribution in [0.1, 0.15) is 11.1 Å². The Balaban J connectivity index is 1.91. The first-order valence-electron chi connectivity index (χ1n) is 6.79. The first-order chi connectivity index (χ1) is 11.6. The summed E-state index contributed by atoms with van der Waals surface area (Å²) in [5, 5.41) is 22.0. The summed E-state index contributed by atoms with van der Waals surface area (Å²) in [6.07, 6.45) is 1.28. The Labute approximate surface area is 134 Å². The van der Waals surface area contributed by atoms with Crippen LogP contribution in [0.4, 0.5) is 11.5 Å². The lowest BCUT2D eigenvalue weighted by molar-refractivity contribution is -0.390. The van der Waals surface area contributed by atoms with Gasteiger partial charge in [-0.25, -0.2) is 0 Å². The third-order valence-corrected chi connectivity index (χ3v) is 3.29. The van der Waals surface area contributed by atoms with Crippen LogP contribution in [0.15, 0.2) is 30.5 Å². The van der Waals surface area contributed by atoms with Crippen molar-refractivity contribution < 1.29 is 24.1 Å². The maximum atomic E-state index is 11.0. The lowest BCUT2D eigenvalue weighted by Gasteiger charge is -2.20. The fraction of sp³-hybridized carbons (Fsp3) is 0.214. The average Bonchev–Trinajstić information content (AvgIpc) is 2.59. The van der Waals surface area contributed by atoms with E-state index in [1.54, 1.807) is 0 Å². The van der Waals surface area contributed by atoms with Crippen molar-refractivity contribution in [3.8, 4) is 11.5 Å². The molecule has 124 valence electrons. The number of pyridine rings is 1. The highest BCUT2D eigenvalue weighted by Gasteiger charge is 2.22. The molecule has 1 aromatic carbocycles. The minimum Gasteiger partial charge on any atom is -0.481 e. The number of benzene rings is 1. The number of nitrogens with zero attached hydrogens (tertiary/aromatic N) is 3. The Bertz CT molecular complexity index is 809. The third kappa shape index (κ3) is 3.08. The van der Waals surface area contributed by atoms with Gasteiger partial charge in [0.1, 0.15) is 18.6 Å². The van der Waals surface area contributed by atoms with E-state index in [0.717, 1.165) is 0 Å². The summed E-state index contributed by atoms with van der Waals surface area (Å²) in [6.45, 7) is 0.0540. The van der Waals surface area contributed by atoms with Gasteiger partial charge in [-0.2, -0.15) is 0 Å². The number of non-ortho nitro benzene ring substituents is 1. The normalized spacial score (nSPS) is 12.8. The Morgan fingerprint density at radius 3 is 2.83 bits per heavy atom. The van der Waals surface area contributed by atoms with Crippen molar-refractivity contribution in [3.05, 3.63) is 61.8 Å². The standard InChI is InChI=1S/C14H11N3O7/c18-16(19)11-4-9-6-22-8-24-13(9)10(5-11)7-23-12-2-1-3-15-14(12)17(20)21/h1-5H,6-8H2. The van der Waals surface area contributed by atoms with E-state index in [1.165, 1.54) is 30.5 Å². The summed E-state index contributed by atoms with van der Waals surface area (Å²) >= 11 is 0. The van der Waals surface area contributed by atoms with E-state index < -0.39 is 15.7 Å². The molecule has 0 fully saturated rings. The van der Waals surface area contributed by atoms with Crippen LogP contribution >= 0.6 is 0 Å². The van der Waals surface area contributed by atoms with E-state index in [0.29, 0.717) is 16.9 Å². The topological polar surface area (TPSA) is 127 Å². The molecule has 24 heavy (non-hydrogen) atoms. The SMILES string of the molecule is O=[N+]([O-])c1cc2c(c(COc3cccnc3[N+](=O)[O-])c1)OCOC2. The molecule has 1 aromatic heterocycles. The molecule has 1 aliphatic heterocycles. The summed E-state index contributed by atoms with van der Waals surface area (Å²) < 4.78 is 15.9. The number of nitro groups is 2. The van der Waals surface area contributed by atoms with Crippen LogP contribution < -0.4 is 9.47 Å². The second-order valence-corrected chi connectivity index (χ2v) is 4.83. The number of aromatic nitrogens is 1. The molecule has 2 heterocycles. The van der Waals surface area contributed by atoms with Gasteiger partial charge in [0, 0.05) is 23.3 Å². The number of nitro benzene ring substituents is 1. The maximum Gasteiger partial charge on any atom is 0.406 e. The maximum absolute atomic E-state index is 11.0. The van der Waals surface area contributed by atoms with E-state index in [4.69, 9.17) is 14.2 Å². The molecule has 3 rings (SSSR count). The first-order valence-corrected chi connectivity index (χ1v) is 6.79. The summed E-state index contributed by atoms with van der Waals surface area (Å²) in [5.74, 6) is -0.0331. The molecule has 2 aromatic rings. The van der Waals surface area contributed by atoms with Crippen LogP contribution in [0.25, 0.3) is 0 Å². The van der Waals surface area contributed by atoms with Gasteiger partial charge in [0.2, 0.25) is 5.75 Å². The van der Waals surface area contributed by atoms with E-state index >= 15 is 0 Å². The zero-order valence-corrected chi connectivity index (χ0v) is 12.2. The van der Waals surface area contributed by atoms with E-state index in [2.05, 4.69) is 4.98 Å². The fourth-order valence-electron chi connectivity index (χ4n) is 2.28. The molecule has 0 saturated carbocycles. The van der Waals surface area contributed by atoms with Crippen LogP contribution in [0.3, 0.4) is 0 Å². The third-order valence-electron chi connectivity index (χ3n) is 3.29. The van der Waals surface area contributed by atoms with Crippen molar-refractivity contribution in [1.82, 2.24) is 4.98 Å². The second kappa shape index (κ2) is 6.46. The summed E-state index contributed by atoms with van der Waals surface area (Å²) in [5.41, 5.74) is 0.789. The van der Waals surface area contributed by atoms with Crippen LogP contribution in [0.5, 0.6) is 11.5 Å². The smallest absolute Gasteiger partial charge is 0.406 e. The number of ether oxygens (including phenoxy) is 3. The van der Waals surface area contributed by atoms with Crippen LogP contribution in [-0.2, 0) is 18.0 Å². The Morgan fingerprint density at radius 2 is 2.08 bits per heavy atom. The molecule has 10 nitrogen and oxygen atoms in total. The van der Waals surface area contributed by atoms with Crippen LogP contribution in [-0.4, -0.2) is 21.6 Å². The van der Waals surface area contributed by atoms with Gasteiger partial charge < -0.3 is 24.3 Å². The van der Waals surface area contributed by atoms with Crippen molar-refractivity contribution in [2.24, 2.45) is 0 Å². The second-order valence-electron chi connectivity index (χ2n) is 4.83. The van der Waals surface area contributed by atoms with Crippen molar-refractivity contribution >= 4 is 11.5 Å². The number of fused-ring (bicyclic) bond motifs is 1. The molecule has 0 spiro atoms. The Hall–Kier alpha value is -3.27. The van der Waals surface area contributed by atoms with E-state index in [9.17, 15) is 20.2 Å². The molecule has 0 N–H and O–H groups in total. The molecule has 0 unspecified atom stereocenters. The molecule has 0 bridgehead atoms. The summed E-state index contributed by atoms with van der Waals surface area (Å²) in [7, 11) is 0. The van der Waals surface area contributed by atoms with Gasteiger partial charge in [0.25, 0.3) is 5.69 Å². The minimum atomic E-state index is -0.664. The molecular weight excluding hydrogens is 322 g/mol. The van der Waals surface area contributed by atoms with E-state index in [-0.39, 0.29) is 31.4 Å². The molecule has 0 saturated heterocycles. The predicted molar refractivity (Wildman–Crippen MR) is 78.6 cm³/mol. The van der Waals surface area contributed by atoms with Gasteiger partial charge in [-0.15, -0.1) is 0 Å². The Morgan fingerprint density at radius 1 is 1.25 bits per heavy atom. The lowest BCUT2D eigenvalue weighted by Crippen LogP contribution is -2.14. The number of hydrogen-bond acceptors (Lipinski definition) is 8. The van der Waals surface area contributed by atoms with Crippen molar-refractivity contribution in [1.29, 1.82) is 0 Å². The molecular formula is C14H11N3O7. The largest absolute Gasteiger partial charge is 0.481 e. The lowest BCUT2D eigenvalue weighted by atomic mass is 10.1. The quantitative estimate of drug-likeness (QED) is 0.602. The first kappa shape index (κ1) is 15.6. The molecule has 10 heteroatoms. The van der Waals surface area contributed by atoms with Gasteiger partial charge >= 0.3 is 5.82 Å². The van der Waals surface area contributed by atoms with Crippen molar-refractivity contribution in [2.45, 2.75) is 13.2 Å². The van der Waals surface area contributed by atoms with Crippen molar-refractivity contribution in [2.75, 3.05) is 6.79 Å². The van der Waals surface area contributed by atoms with Gasteiger partial charge in [0.15, 0.2) is 6.79 Å². The predicted octanol–water partition coefficient (Wildman–Crippen LogP) is 2.34. The zero-order chi connectivity index (χ0) is 17.1. The monoisotopic (exact) mass is 333 g/mol. The van der Waals surface area contributed by atoms with Gasteiger partial charge in [-0.05, 0) is 22.0 Å². The van der Waals surface area contributed by atoms with Gasteiger partial charge in [0.05, 0.1) is 11.5 Å². The minimum absolute atomic E-state index is 0.0187. The number of hydrogen-bond donors (Lipinski definition) is 0. The van der Waals surface area contributed by atoms with Crippen molar-refractivity contribution in [3.63, 3.8) is 0 Å². The van der Waals surface area contributed by atoms with Crippen LogP contribution in [0, 0.1) is 20.2 Å². The van der Waals surface area contributed by atoms with Gasteiger partial charge in [-0.3, -0.25) is 10.1 Å². The van der Waals surface area contributed by atoms with E-state index in [1.807, 2.05) is 0 Å². The molecule has 1 aliphatic rings. The summed E-state index contributed by atoms with van der Waals surface area (Å²) in [4.78, 5) is 24.4. The van der Waals surface area contributed by atoms with Gasteiger partial charge in [-0.1, -0.05) is 0 Å². The van der Waals surface area contributed by atoms with Crippen LogP contribution in [0.2, 0.25) is 0 Å². The highest BCUT2D eigenvalue weighted by atomic mass is 16.7. The Kier molecular flexibility index (Phi) is 4.20. The average molecular weight is 333 g/mol. The fourth-order valence-corrected chi connectivity index (χ4v) is 2.28. The highest BCUT2D eigenvalue weighted by molar-refractivity contribution is 5.50. The number of rotatable bonds is 5. The molecule has 0 amide bonds. The molecule has 0 aliphatic carbocycles. The highest BCUT2D eigenvalue weighted by Crippen LogP contribution is 2.34. The molecule has 0 atom stereocenters. The molecule has 0 radical (unpaired) electrons. The zero-order valence-electron chi connectivity index (χ0n) is 12.2.